The average Bonchev–Trinajstić information content (AvgIpc) is 2.64. The van der Waals surface area contributed by atoms with E-state index in [-0.39, 0.29) is 0 Å². The highest BCUT2D eigenvalue weighted by Crippen LogP contribution is 2.28. The standard InChI is InChI=1S/C15H15NO2/c1-10(6-5-9-14(17)18)15-11(2)16-13-8-4-3-7-12(13)15/h3-9,16H,1-2H3,(H,17,18)/b9-5+,10-6+. The Morgan fingerprint density at radius 1 is 1.33 bits per heavy atom. The second-order valence-corrected chi connectivity index (χ2v) is 4.22. The van der Waals surface area contributed by atoms with Crippen LogP contribution in [0.5, 0.6) is 0 Å². The molecule has 92 valence electrons. The van der Waals surface area contributed by atoms with E-state index in [2.05, 4.69) is 11.1 Å². The Balaban J connectivity index is 2.47. The largest absolute Gasteiger partial charge is 0.478 e. The van der Waals surface area contributed by atoms with Crippen molar-refractivity contribution in [2.45, 2.75) is 13.8 Å². The predicted octanol–water partition coefficient (Wildman–Crippen LogP) is 3.52. The third-order valence-corrected chi connectivity index (χ3v) is 2.87. The van der Waals surface area contributed by atoms with Gasteiger partial charge < -0.3 is 10.1 Å². The number of benzene rings is 1. The molecule has 2 N–H and O–H groups in total. The molecule has 0 atom stereocenters. The minimum atomic E-state index is -0.935. The van der Waals surface area contributed by atoms with Crippen LogP contribution in [0.15, 0.2) is 42.5 Å². The molecule has 2 rings (SSSR count). The number of carboxylic acids is 1. The quantitative estimate of drug-likeness (QED) is 0.638. The molecule has 1 aromatic carbocycles. The molecule has 0 aliphatic carbocycles. The topological polar surface area (TPSA) is 53.1 Å². The summed E-state index contributed by atoms with van der Waals surface area (Å²) in [7, 11) is 0. The van der Waals surface area contributed by atoms with Crippen LogP contribution in [0.3, 0.4) is 0 Å². The molecule has 2 aromatic rings. The Kier molecular flexibility index (Phi) is 3.33. The van der Waals surface area contributed by atoms with Crippen LogP contribution in [0.4, 0.5) is 0 Å². The number of H-pyrrole nitrogens is 1. The molecule has 0 radical (unpaired) electrons. The molecule has 0 bridgehead atoms. The van der Waals surface area contributed by atoms with Crippen LogP contribution in [0.25, 0.3) is 16.5 Å². The van der Waals surface area contributed by atoms with E-state index in [9.17, 15) is 4.79 Å². The van der Waals surface area contributed by atoms with Crippen LogP contribution in [0.2, 0.25) is 0 Å². The first-order valence-corrected chi connectivity index (χ1v) is 5.75. The third kappa shape index (κ3) is 2.35. The number of allylic oxidation sites excluding steroid dienone is 3. The lowest BCUT2D eigenvalue weighted by Crippen LogP contribution is -1.85. The van der Waals surface area contributed by atoms with Crippen molar-refractivity contribution in [2.24, 2.45) is 0 Å². The number of aromatic nitrogens is 1. The van der Waals surface area contributed by atoms with Gasteiger partial charge in [0.25, 0.3) is 0 Å². The van der Waals surface area contributed by atoms with E-state index < -0.39 is 5.97 Å². The minimum Gasteiger partial charge on any atom is -0.478 e. The van der Waals surface area contributed by atoms with Gasteiger partial charge in [-0.15, -0.1) is 0 Å². The van der Waals surface area contributed by atoms with Crippen molar-refractivity contribution in [3.8, 4) is 0 Å². The number of aryl methyl sites for hydroxylation is 1. The van der Waals surface area contributed by atoms with Gasteiger partial charge in [-0.2, -0.15) is 0 Å². The van der Waals surface area contributed by atoms with Crippen LogP contribution in [0, 0.1) is 6.92 Å². The molecule has 3 heteroatoms. The summed E-state index contributed by atoms with van der Waals surface area (Å²) >= 11 is 0. The zero-order valence-corrected chi connectivity index (χ0v) is 10.4. The molecule has 1 heterocycles. The number of hydrogen-bond donors (Lipinski definition) is 2. The van der Waals surface area contributed by atoms with Gasteiger partial charge in [0.2, 0.25) is 0 Å². The Hall–Kier alpha value is -2.29. The Morgan fingerprint density at radius 3 is 2.78 bits per heavy atom. The van der Waals surface area contributed by atoms with Crippen molar-refractivity contribution in [3.63, 3.8) is 0 Å². The molecule has 0 saturated heterocycles. The molecule has 0 spiro atoms. The molecule has 0 amide bonds. The van der Waals surface area contributed by atoms with E-state index in [1.54, 1.807) is 6.08 Å². The van der Waals surface area contributed by atoms with Gasteiger partial charge in [-0.1, -0.05) is 30.4 Å². The van der Waals surface area contributed by atoms with Crippen molar-refractivity contribution in [1.82, 2.24) is 4.98 Å². The zero-order chi connectivity index (χ0) is 13.1. The van der Waals surface area contributed by atoms with Crippen LogP contribution < -0.4 is 0 Å². The maximum atomic E-state index is 10.4. The minimum absolute atomic E-state index is 0.935. The van der Waals surface area contributed by atoms with Crippen LogP contribution >= 0.6 is 0 Å². The van der Waals surface area contributed by atoms with E-state index >= 15 is 0 Å². The summed E-state index contributed by atoms with van der Waals surface area (Å²) < 4.78 is 0. The molecular weight excluding hydrogens is 226 g/mol. The van der Waals surface area contributed by atoms with Gasteiger partial charge in [-0.25, -0.2) is 4.79 Å². The van der Waals surface area contributed by atoms with Crippen molar-refractivity contribution < 1.29 is 9.90 Å². The van der Waals surface area contributed by atoms with E-state index in [4.69, 9.17) is 5.11 Å². The van der Waals surface area contributed by atoms with E-state index in [0.717, 1.165) is 33.8 Å². The molecule has 0 unspecified atom stereocenters. The van der Waals surface area contributed by atoms with Gasteiger partial charge in [0.1, 0.15) is 0 Å². The average molecular weight is 241 g/mol. The normalized spacial score (nSPS) is 12.4. The fraction of sp³-hybridized carbons (Fsp3) is 0.133. The number of aromatic amines is 1. The Bertz CT molecular complexity index is 648. The summed E-state index contributed by atoms with van der Waals surface area (Å²) in [5.41, 5.74) is 4.37. The number of carbonyl (C=O) groups is 1. The predicted molar refractivity (Wildman–Crippen MR) is 73.5 cm³/mol. The molecule has 18 heavy (non-hydrogen) atoms. The smallest absolute Gasteiger partial charge is 0.328 e. The van der Waals surface area contributed by atoms with E-state index in [0.29, 0.717) is 0 Å². The van der Waals surface area contributed by atoms with Crippen molar-refractivity contribution in [2.75, 3.05) is 0 Å². The molecule has 1 aromatic heterocycles. The lowest BCUT2D eigenvalue weighted by atomic mass is 10.0. The fourth-order valence-electron chi connectivity index (χ4n) is 2.14. The first-order chi connectivity index (χ1) is 8.59. The van der Waals surface area contributed by atoms with Gasteiger partial charge in [0, 0.05) is 28.2 Å². The maximum absolute atomic E-state index is 10.4. The number of carboxylic acid groups (broad SMARTS) is 1. The summed E-state index contributed by atoms with van der Waals surface area (Å²) in [6, 6.07) is 8.09. The Labute approximate surface area is 105 Å². The fourth-order valence-corrected chi connectivity index (χ4v) is 2.14. The van der Waals surface area contributed by atoms with Gasteiger partial charge in [0.15, 0.2) is 0 Å². The molecule has 3 nitrogen and oxygen atoms in total. The first-order valence-electron chi connectivity index (χ1n) is 5.75. The molecule has 0 fully saturated rings. The number of para-hydroxylation sites is 1. The lowest BCUT2D eigenvalue weighted by Gasteiger charge is -2.00. The monoisotopic (exact) mass is 241 g/mol. The highest BCUT2D eigenvalue weighted by Gasteiger charge is 2.08. The number of aliphatic carboxylic acids is 1. The van der Waals surface area contributed by atoms with E-state index in [1.165, 1.54) is 0 Å². The summed E-state index contributed by atoms with van der Waals surface area (Å²) in [4.78, 5) is 13.8. The number of rotatable bonds is 3. The SMILES string of the molecule is C/C(=C\C=C\C(=O)O)c1c(C)[nH]c2ccccc12. The molecule has 0 aliphatic rings. The van der Waals surface area contributed by atoms with E-state index in [1.807, 2.05) is 38.1 Å². The van der Waals surface area contributed by atoms with Crippen LogP contribution in [0.1, 0.15) is 18.2 Å². The van der Waals surface area contributed by atoms with Crippen molar-refractivity contribution in [1.29, 1.82) is 0 Å². The second kappa shape index (κ2) is 4.92. The highest BCUT2D eigenvalue weighted by molar-refractivity contribution is 5.94. The number of nitrogens with one attached hydrogen (secondary N) is 1. The van der Waals surface area contributed by atoms with Crippen LogP contribution in [-0.4, -0.2) is 16.1 Å². The van der Waals surface area contributed by atoms with Crippen LogP contribution in [-0.2, 0) is 4.79 Å². The molecular formula is C15H15NO2. The van der Waals surface area contributed by atoms with Crippen molar-refractivity contribution >= 4 is 22.4 Å². The third-order valence-electron chi connectivity index (χ3n) is 2.87. The number of fused-ring (bicyclic) bond motifs is 1. The summed E-state index contributed by atoms with van der Waals surface area (Å²) in [5.74, 6) is -0.935. The van der Waals surface area contributed by atoms with Crippen molar-refractivity contribution in [3.05, 3.63) is 53.8 Å². The van der Waals surface area contributed by atoms with Gasteiger partial charge in [0.05, 0.1) is 0 Å². The van der Waals surface area contributed by atoms with Gasteiger partial charge >= 0.3 is 5.97 Å². The highest BCUT2D eigenvalue weighted by atomic mass is 16.4. The summed E-state index contributed by atoms with van der Waals surface area (Å²) in [5, 5.41) is 9.72. The summed E-state index contributed by atoms with van der Waals surface area (Å²) in [6.45, 7) is 4.00. The number of hydrogen-bond acceptors (Lipinski definition) is 1. The maximum Gasteiger partial charge on any atom is 0.328 e. The van der Waals surface area contributed by atoms with Gasteiger partial charge in [-0.05, 0) is 25.5 Å². The summed E-state index contributed by atoms with van der Waals surface area (Å²) in [6.07, 6.45) is 4.50. The first kappa shape index (κ1) is 12.2. The second-order valence-electron chi connectivity index (χ2n) is 4.22. The molecule has 0 saturated carbocycles. The van der Waals surface area contributed by atoms with Gasteiger partial charge in [-0.3, -0.25) is 0 Å². The lowest BCUT2D eigenvalue weighted by molar-refractivity contribution is -0.131. The molecule has 0 aliphatic heterocycles. The Morgan fingerprint density at radius 2 is 2.06 bits per heavy atom. The zero-order valence-electron chi connectivity index (χ0n) is 10.4.